The van der Waals surface area contributed by atoms with Crippen LogP contribution in [0.25, 0.3) is 276 Å². The van der Waals surface area contributed by atoms with Gasteiger partial charge in [-0.1, -0.05) is 382 Å². The lowest BCUT2D eigenvalue weighted by atomic mass is 9.96. The molecular formula is C129H79N9O3S. The van der Waals surface area contributed by atoms with Crippen molar-refractivity contribution in [2.75, 3.05) is 0 Å². The Labute approximate surface area is 819 Å². The second-order valence-corrected chi connectivity index (χ2v) is 36.4. The fourth-order valence-electron chi connectivity index (χ4n) is 19.5. The minimum Gasteiger partial charge on any atom is -0.436 e. The van der Waals surface area contributed by atoms with E-state index in [1.807, 2.05) is 188 Å². The molecule has 142 heavy (non-hydrogen) atoms. The number of thiophene rings is 1. The van der Waals surface area contributed by atoms with Crippen molar-refractivity contribution in [3.05, 3.63) is 479 Å². The Morgan fingerprint density at radius 3 is 0.915 bits per heavy atom. The van der Waals surface area contributed by atoms with Crippen molar-refractivity contribution in [1.82, 2.24) is 44.9 Å². The highest BCUT2D eigenvalue weighted by atomic mass is 32.1. The molecule has 664 valence electrons. The van der Waals surface area contributed by atoms with Crippen molar-refractivity contribution in [2.24, 2.45) is 0 Å². The molecule has 0 radical (unpaired) electrons. The highest BCUT2D eigenvalue weighted by Gasteiger charge is 2.24. The summed E-state index contributed by atoms with van der Waals surface area (Å²) in [6.45, 7) is 0. The number of hydrogen-bond acceptors (Lipinski definition) is 13. The summed E-state index contributed by atoms with van der Waals surface area (Å²) in [5.74, 6) is 3.99. The summed E-state index contributed by atoms with van der Waals surface area (Å²) in [6.07, 6.45) is 0. The summed E-state index contributed by atoms with van der Waals surface area (Å²) in [7, 11) is 0. The summed E-state index contributed by atoms with van der Waals surface area (Å²) in [5, 5.41) is 16.0. The highest BCUT2D eigenvalue weighted by molar-refractivity contribution is 7.26. The number of nitrogens with zero attached hydrogens (tertiary/aromatic N) is 9. The maximum Gasteiger partial charge on any atom is 0.228 e. The van der Waals surface area contributed by atoms with E-state index in [4.69, 9.17) is 58.1 Å². The summed E-state index contributed by atoms with van der Waals surface area (Å²) < 4.78 is 21.4. The van der Waals surface area contributed by atoms with Gasteiger partial charge in [-0.3, -0.25) is 0 Å². The number of benzene rings is 21. The normalized spacial score (nSPS) is 11.5. The predicted molar refractivity (Wildman–Crippen MR) is 583 cm³/mol. The summed E-state index contributed by atoms with van der Waals surface area (Å²) in [6, 6.07) is 165. The third-order valence-electron chi connectivity index (χ3n) is 26.5. The Hall–Kier alpha value is -19.0. The average molecular weight is 1840 g/mol. The van der Waals surface area contributed by atoms with Crippen molar-refractivity contribution in [3.8, 4) is 158 Å². The van der Waals surface area contributed by atoms with Gasteiger partial charge in [0, 0.05) is 97.5 Å². The first-order chi connectivity index (χ1) is 70.3. The van der Waals surface area contributed by atoms with Gasteiger partial charge in [0.2, 0.25) is 17.7 Å². The van der Waals surface area contributed by atoms with Gasteiger partial charge in [-0.25, -0.2) is 44.9 Å². The Morgan fingerprint density at radius 1 is 0.162 bits per heavy atom. The van der Waals surface area contributed by atoms with E-state index in [0.29, 0.717) is 35.1 Å². The molecule has 0 aliphatic heterocycles. The second kappa shape index (κ2) is 35.9. The van der Waals surface area contributed by atoms with Gasteiger partial charge in [0.1, 0.15) is 16.6 Å². The molecule has 0 amide bonds. The molecule has 0 atom stereocenters. The first kappa shape index (κ1) is 83.6. The van der Waals surface area contributed by atoms with Crippen molar-refractivity contribution in [3.63, 3.8) is 0 Å². The molecule has 0 bridgehead atoms. The summed E-state index contributed by atoms with van der Waals surface area (Å²) in [4.78, 5) is 45.3. The van der Waals surface area contributed by atoms with Crippen LogP contribution in [0.15, 0.2) is 492 Å². The van der Waals surface area contributed by atoms with Gasteiger partial charge >= 0.3 is 0 Å². The number of aromatic nitrogens is 9. The van der Waals surface area contributed by atoms with Gasteiger partial charge in [0.15, 0.2) is 34.2 Å². The van der Waals surface area contributed by atoms with Crippen molar-refractivity contribution in [1.29, 1.82) is 0 Å². The van der Waals surface area contributed by atoms with Crippen LogP contribution in [0.1, 0.15) is 0 Å². The molecule has 7 heterocycles. The van der Waals surface area contributed by atoms with Crippen LogP contribution in [0.2, 0.25) is 0 Å². The molecule has 0 aliphatic carbocycles. The summed E-state index contributed by atoms with van der Waals surface area (Å²) in [5.41, 5.74) is 27.0. The Balaban J connectivity index is 0.000000109. The van der Waals surface area contributed by atoms with E-state index in [2.05, 4.69) is 291 Å². The fraction of sp³-hybridized carbons (Fsp3) is 0. The molecule has 0 spiro atoms. The monoisotopic (exact) mass is 1830 g/mol. The van der Waals surface area contributed by atoms with Crippen LogP contribution in [-0.4, -0.2) is 44.9 Å². The molecule has 21 aromatic carbocycles. The first-order valence-corrected chi connectivity index (χ1v) is 48.1. The molecule has 0 saturated carbocycles. The molecule has 13 heteroatoms. The maximum absolute atomic E-state index is 6.49. The van der Waals surface area contributed by atoms with Gasteiger partial charge in [0.25, 0.3) is 0 Å². The molecule has 12 nitrogen and oxygen atoms in total. The Bertz CT molecular complexity index is 9540. The molecule has 28 rings (SSSR count). The summed E-state index contributed by atoms with van der Waals surface area (Å²) >= 11 is 1.79. The standard InChI is InChI=1S/C43H25N3OS.2C43H27N3O/c1-3-10-26(11-4-1)35-25-36(27-12-5-2-6-13-27)45-42(44-35)30-20-22-31-29(24-30)19-18-28-21-23-37-40(39(28)31)46-43(47-37)34-16-9-15-33-32-14-7-8-17-38(32)48-41(33)34;1-4-11-28(12-5-1)37-27-38(29-13-6-2-7-14-29)45-42(44-37)35-18-10-17-32(26-35)33-21-23-36-34(25-33)20-19-30-22-24-39-41(40(30)36)46-43(47-39)31-15-8-3-9-16-31;1-4-10-30(11-5-1)37-27-38(31-12-6-2-7-13-31)45-42(44-37)33-21-16-28(17-22-33)35-23-19-29-18-20-32-24-25-39-41(40(32)36(29)26-35)46-43(47-39)34-14-8-3-9-15-34/h1-25H;2*1-27H. The lowest BCUT2D eigenvalue weighted by Crippen LogP contribution is -1.96. The van der Waals surface area contributed by atoms with Crippen molar-refractivity contribution in [2.45, 2.75) is 0 Å². The minimum atomic E-state index is 0.630. The van der Waals surface area contributed by atoms with Crippen molar-refractivity contribution >= 4 is 129 Å². The Kier molecular flexibility index (Phi) is 21.2. The van der Waals surface area contributed by atoms with Crippen LogP contribution in [0, 0.1) is 0 Å². The zero-order valence-corrected chi connectivity index (χ0v) is 77.1. The van der Waals surface area contributed by atoms with E-state index in [0.717, 1.165) is 221 Å². The molecular weight excluding hydrogens is 1760 g/mol. The molecule has 0 fully saturated rings. The Morgan fingerprint density at radius 2 is 0.458 bits per heavy atom. The van der Waals surface area contributed by atoms with Crippen molar-refractivity contribution < 1.29 is 13.3 Å². The van der Waals surface area contributed by atoms with Crippen LogP contribution < -0.4 is 0 Å². The lowest BCUT2D eigenvalue weighted by Gasteiger charge is -2.11. The lowest BCUT2D eigenvalue weighted by molar-refractivity contribution is 0.619. The zero-order valence-electron chi connectivity index (χ0n) is 76.3. The van der Waals surface area contributed by atoms with E-state index in [9.17, 15) is 0 Å². The van der Waals surface area contributed by atoms with Crippen LogP contribution in [0.4, 0.5) is 0 Å². The SMILES string of the molecule is c1ccc(-c2cc(-c3ccccc3)nc(-c3ccc(-c4ccc5ccc6ccc7oc(-c8ccccc8)nc7c6c5c4)cc3)n2)cc1.c1ccc(-c2cc(-c3ccccc3)nc(-c3ccc4c(ccc5ccc6oc(-c7cccc8c7sc7ccccc78)nc6c54)c3)n2)cc1.c1ccc(-c2cc(-c3ccccc3)nc(-c3cccc(-c4ccc5c(ccc6ccc7oc(-c8ccccc8)nc7c65)c4)c3)n2)cc1. The highest BCUT2D eigenvalue weighted by Crippen LogP contribution is 2.46. The molecule has 0 aliphatic rings. The second-order valence-electron chi connectivity index (χ2n) is 35.3. The van der Waals surface area contributed by atoms with Gasteiger partial charge < -0.3 is 13.3 Å². The van der Waals surface area contributed by atoms with Gasteiger partial charge in [-0.2, -0.15) is 0 Å². The van der Waals surface area contributed by atoms with Crippen LogP contribution in [-0.2, 0) is 0 Å². The van der Waals surface area contributed by atoms with Crippen LogP contribution in [0.3, 0.4) is 0 Å². The molecule has 7 aromatic heterocycles. The van der Waals surface area contributed by atoms with E-state index in [-0.39, 0.29) is 0 Å². The van der Waals surface area contributed by atoms with E-state index in [1.54, 1.807) is 11.3 Å². The van der Waals surface area contributed by atoms with Crippen LogP contribution >= 0.6 is 11.3 Å². The minimum absolute atomic E-state index is 0.630. The zero-order chi connectivity index (χ0) is 93.9. The topological polar surface area (TPSA) is 155 Å². The number of rotatable bonds is 14. The molecule has 28 aromatic rings. The third kappa shape index (κ3) is 15.9. The number of hydrogen-bond donors (Lipinski definition) is 0. The largest absolute Gasteiger partial charge is 0.436 e. The molecule has 0 unspecified atom stereocenters. The fourth-order valence-corrected chi connectivity index (χ4v) is 20.7. The maximum atomic E-state index is 6.49. The number of fused-ring (bicyclic) bond motifs is 18. The molecule has 0 saturated heterocycles. The van der Waals surface area contributed by atoms with E-state index >= 15 is 0 Å². The van der Waals surface area contributed by atoms with Crippen LogP contribution in [0.5, 0.6) is 0 Å². The van der Waals surface area contributed by atoms with Gasteiger partial charge in [0.05, 0.1) is 39.7 Å². The number of oxazole rings is 3. The van der Waals surface area contributed by atoms with Gasteiger partial charge in [-0.15, -0.1) is 11.3 Å². The molecule has 0 N–H and O–H groups in total. The van der Waals surface area contributed by atoms with E-state index < -0.39 is 0 Å². The van der Waals surface area contributed by atoms with Gasteiger partial charge in [-0.05, 0) is 168 Å². The van der Waals surface area contributed by atoms with E-state index in [1.165, 1.54) is 20.2 Å². The first-order valence-electron chi connectivity index (χ1n) is 47.3. The smallest absolute Gasteiger partial charge is 0.228 e. The average Bonchev–Trinajstić information content (AvgIpc) is 1.62. The quantitative estimate of drug-likeness (QED) is 0.0951. The predicted octanol–water partition coefficient (Wildman–Crippen LogP) is 34.5. The third-order valence-corrected chi connectivity index (χ3v) is 27.8.